The lowest BCUT2D eigenvalue weighted by atomic mass is 9.82. The Kier molecular flexibility index (Phi) is 5.14. The predicted octanol–water partition coefficient (Wildman–Crippen LogP) is 4.38. The summed E-state index contributed by atoms with van der Waals surface area (Å²) in [6, 6.07) is 6.79. The molecule has 124 valence electrons. The lowest BCUT2D eigenvalue weighted by Gasteiger charge is -2.35. The molecule has 1 aromatic rings. The summed E-state index contributed by atoms with van der Waals surface area (Å²) in [5.74, 6) is -2.09. The Morgan fingerprint density at radius 3 is 1.86 bits per heavy atom. The van der Waals surface area contributed by atoms with Crippen molar-refractivity contribution in [2.45, 2.75) is 38.7 Å². The number of carbonyl (C=O) groups excluding carboxylic acids is 1. The second-order valence-electron chi connectivity index (χ2n) is 4.86. The Morgan fingerprint density at radius 2 is 1.50 bits per heavy atom. The first-order valence-electron chi connectivity index (χ1n) is 6.46. The molecule has 1 atom stereocenters. The molecule has 0 unspecified atom stereocenters. The number of amides is 1. The number of carbonyl (C=O) groups is 1. The van der Waals surface area contributed by atoms with Crippen molar-refractivity contribution in [2.24, 2.45) is 5.41 Å². The largest absolute Gasteiger partial charge is 0.412 e. The quantitative estimate of drug-likeness (QED) is 0.817. The van der Waals surface area contributed by atoms with Gasteiger partial charge in [0.2, 0.25) is 11.3 Å². The minimum atomic E-state index is -5.74. The predicted molar refractivity (Wildman–Crippen MR) is 67.8 cm³/mol. The van der Waals surface area contributed by atoms with Crippen molar-refractivity contribution in [1.29, 1.82) is 0 Å². The van der Waals surface area contributed by atoms with Crippen LogP contribution in [0.3, 0.4) is 0 Å². The molecular weight excluding hydrogens is 312 g/mol. The monoisotopic (exact) mass is 327 g/mol. The fraction of sp³-hybridized carbons (Fsp3) is 0.500. The maximum Gasteiger partial charge on any atom is 0.412 e. The Morgan fingerprint density at radius 1 is 1.05 bits per heavy atom. The van der Waals surface area contributed by atoms with Crippen molar-refractivity contribution < 1.29 is 31.1 Å². The molecule has 0 saturated carbocycles. The summed E-state index contributed by atoms with van der Waals surface area (Å²) in [7, 11) is 0. The number of hydrogen-bond donors (Lipinski definition) is 1. The number of benzene rings is 1. The number of alkyl halides is 6. The van der Waals surface area contributed by atoms with Crippen molar-refractivity contribution in [3.63, 3.8) is 0 Å². The van der Waals surface area contributed by atoms with Gasteiger partial charge in [0.1, 0.15) is 0 Å². The average molecular weight is 327 g/mol. The van der Waals surface area contributed by atoms with E-state index in [4.69, 9.17) is 0 Å². The van der Waals surface area contributed by atoms with Crippen molar-refractivity contribution in [3.05, 3.63) is 35.9 Å². The van der Waals surface area contributed by atoms with Gasteiger partial charge in [-0.25, -0.2) is 0 Å². The molecule has 0 aliphatic rings. The van der Waals surface area contributed by atoms with Crippen LogP contribution < -0.4 is 5.32 Å². The van der Waals surface area contributed by atoms with E-state index in [0.717, 1.165) is 0 Å². The highest BCUT2D eigenvalue weighted by Gasteiger charge is 2.74. The Labute approximate surface area is 123 Å². The first-order valence-corrected chi connectivity index (χ1v) is 6.46. The third kappa shape index (κ3) is 3.20. The van der Waals surface area contributed by atoms with Gasteiger partial charge in [-0.2, -0.15) is 26.3 Å². The molecule has 1 N–H and O–H groups in total. The topological polar surface area (TPSA) is 29.1 Å². The SMILES string of the molecule is CCC(C(=O)N[C@H](C)c1ccccc1)(C(F)(F)F)C(F)(F)F. The number of hydrogen-bond acceptors (Lipinski definition) is 1. The smallest absolute Gasteiger partial charge is 0.349 e. The zero-order valence-electron chi connectivity index (χ0n) is 11.8. The number of halogens is 6. The first kappa shape index (κ1) is 18.3. The average Bonchev–Trinajstić information content (AvgIpc) is 2.37. The van der Waals surface area contributed by atoms with Gasteiger partial charge in [-0.3, -0.25) is 4.79 Å². The standard InChI is InChI=1S/C14H15F6NO/c1-3-12(13(15,16)17,14(18,19)20)11(22)21-9(2)10-7-5-4-6-8-10/h4-9H,3H2,1-2H3,(H,21,22)/t9-/m1/s1. The maximum absolute atomic E-state index is 13.0. The highest BCUT2D eigenvalue weighted by molar-refractivity contribution is 5.84. The van der Waals surface area contributed by atoms with Crippen LogP contribution in [0.25, 0.3) is 0 Å². The molecule has 0 spiro atoms. The maximum atomic E-state index is 13.0. The normalized spacial score (nSPS) is 14.5. The van der Waals surface area contributed by atoms with Gasteiger partial charge in [0.25, 0.3) is 0 Å². The molecule has 0 bridgehead atoms. The molecule has 1 rings (SSSR count). The van der Waals surface area contributed by atoms with E-state index in [0.29, 0.717) is 12.5 Å². The van der Waals surface area contributed by atoms with E-state index in [1.54, 1.807) is 18.2 Å². The molecule has 0 aliphatic heterocycles. The summed E-state index contributed by atoms with van der Waals surface area (Å²) in [6.07, 6.45) is -12.9. The van der Waals surface area contributed by atoms with Gasteiger partial charge in [0.15, 0.2) is 0 Å². The lowest BCUT2D eigenvalue weighted by molar-refractivity contribution is -0.326. The van der Waals surface area contributed by atoms with E-state index >= 15 is 0 Å². The third-order valence-corrected chi connectivity index (χ3v) is 3.53. The van der Waals surface area contributed by atoms with E-state index in [9.17, 15) is 31.1 Å². The van der Waals surface area contributed by atoms with Crippen LogP contribution in [0.4, 0.5) is 26.3 Å². The van der Waals surface area contributed by atoms with Gasteiger partial charge in [0.05, 0.1) is 6.04 Å². The molecular formula is C14H15F6NO. The lowest BCUT2D eigenvalue weighted by Crippen LogP contribution is -2.59. The van der Waals surface area contributed by atoms with Crippen LogP contribution >= 0.6 is 0 Å². The molecule has 0 aromatic heterocycles. The highest BCUT2D eigenvalue weighted by atomic mass is 19.4. The highest BCUT2D eigenvalue weighted by Crippen LogP contribution is 2.52. The van der Waals surface area contributed by atoms with E-state index < -0.39 is 36.1 Å². The van der Waals surface area contributed by atoms with Gasteiger partial charge < -0.3 is 5.32 Å². The van der Waals surface area contributed by atoms with Gasteiger partial charge >= 0.3 is 12.4 Å². The molecule has 22 heavy (non-hydrogen) atoms. The summed E-state index contributed by atoms with van der Waals surface area (Å²) in [6.45, 7) is 2.01. The van der Waals surface area contributed by atoms with Crippen LogP contribution in [0.1, 0.15) is 31.9 Å². The minimum Gasteiger partial charge on any atom is -0.349 e. The van der Waals surface area contributed by atoms with E-state index in [2.05, 4.69) is 0 Å². The fourth-order valence-corrected chi connectivity index (χ4v) is 2.12. The van der Waals surface area contributed by atoms with E-state index in [1.165, 1.54) is 19.1 Å². The molecule has 0 radical (unpaired) electrons. The zero-order valence-corrected chi connectivity index (χ0v) is 11.8. The molecule has 1 aromatic carbocycles. The van der Waals surface area contributed by atoms with Crippen molar-refractivity contribution in [1.82, 2.24) is 5.32 Å². The van der Waals surface area contributed by atoms with Crippen LogP contribution in [0, 0.1) is 5.41 Å². The molecule has 8 heteroatoms. The first-order chi connectivity index (χ1) is 9.97. The summed E-state index contributed by atoms with van der Waals surface area (Å²) in [5.41, 5.74) is -4.01. The Bertz CT molecular complexity index is 494. The van der Waals surface area contributed by atoms with Crippen molar-refractivity contribution in [3.8, 4) is 0 Å². The zero-order chi connectivity index (χ0) is 17.2. The van der Waals surface area contributed by atoms with E-state index in [-0.39, 0.29) is 0 Å². The van der Waals surface area contributed by atoms with Crippen LogP contribution in [0.15, 0.2) is 30.3 Å². The van der Waals surface area contributed by atoms with Gasteiger partial charge in [-0.15, -0.1) is 0 Å². The molecule has 0 heterocycles. The van der Waals surface area contributed by atoms with Crippen molar-refractivity contribution >= 4 is 5.91 Å². The van der Waals surface area contributed by atoms with Crippen LogP contribution in [0.2, 0.25) is 0 Å². The number of nitrogens with one attached hydrogen (secondary N) is 1. The Hall–Kier alpha value is -1.73. The summed E-state index contributed by atoms with van der Waals surface area (Å²) < 4.78 is 78.0. The van der Waals surface area contributed by atoms with Crippen molar-refractivity contribution in [2.75, 3.05) is 0 Å². The van der Waals surface area contributed by atoms with Gasteiger partial charge in [-0.05, 0) is 18.9 Å². The van der Waals surface area contributed by atoms with Crippen LogP contribution in [0.5, 0.6) is 0 Å². The molecule has 0 fully saturated rings. The summed E-state index contributed by atoms with van der Waals surface area (Å²) >= 11 is 0. The number of rotatable bonds is 4. The second kappa shape index (κ2) is 6.18. The minimum absolute atomic E-state index is 0.408. The third-order valence-electron chi connectivity index (χ3n) is 3.53. The van der Waals surface area contributed by atoms with Crippen LogP contribution in [-0.4, -0.2) is 18.3 Å². The molecule has 2 nitrogen and oxygen atoms in total. The van der Waals surface area contributed by atoms with E-state index in [1.807, 2.05) is 5.32 Å². The second-order valence-corrected chi connectivity index (χ2v) is 4.86. The molecule has 0 saturated heterocycles. The van der Waals surface area contributed by atoms with Crippen LogP contribution in [-0.2, 0) is 4.79 Å². The molecule has 1 amide bonds. The fourth-order valence-electron chi connectivity index (χ4n) is 2.12. The van der Waals surface area contributed by atoms with Gasteiger partial charge in [-0.1, -0.05) is 37.3 Å². The van der Waals surface area contributed by atoms with Gasteiger partial charge in [0, 0.05) is 0 Å². The molecule has 0 aliphatic carbocycles. The summed E-state index contributed by atoms with van der Waals surface area (Å²) in [4.78, 5) is 11.8. The Balaban J connectivity index is 3.14. The summed E-state index contributed by atoms with van der Waals surface area (Å²) in [5, 5.41) is 1.82.